The van der Waals surface area contributed by atoms with E-state index >= 15 is 0 Å². The number of hydrogen-bond donors (Lipinski definition) is 3. The summed E-state index contributed by atoms with van der Waals surface area (Å²) in [6.45, 7) is 0.655. The second-order valence-corrected chi connectivity index (χ2v) is 12.6. The Balaban J connectivity index is 1.11. The summed E-state index contributed by atoms with van der Waals surface area (Å²) in [7, 11) is 0. The largest absolute Gasteiger partial charge is 0.361 e. The summed E-state index contributed by atoms with van der Waals surface area (Å²) in [6, 6.07) is 41.8. The van der Waals surface area contributed by atoms with Crippen LogP contribution in [0.4, 0.5) is 11.4 Å². The summed E-state index contributed by atoms with van der Waals surface area (Å²) in [5.41, 5.74) is 5.87. The minimum Gasteiger partial charge on any atom is -0.361 e. The van der Waals surface area contributed by atoms with Crippen molar-refractivity contribution < 1.29 is 14.4 Å². The van der Waals surface area contributed by atoms with E-state index in [0.717, 1.165) is 39.0 Å². The second kappa shape index (κ2) is 13.9. The minimum absolute atomic E-state index is 0.0368. The molecule has 0 radical (unpaired) electrons. The van der Waals surface area contributed by atoms with Crippen LogP contribution in [0.2, 0.25) is 0 Å². The summed E-state index contributed by atoms with van der Waals surface area (Å²) in [4.78, 5) is 46.8. The third-order valence-corrected chi connectivity index (χ3v) is 9.55. The number of nitrogens with zero attached hydrogens (tertiary/aromatic N) is 1. The van der Waals surface area contributed by atoms with Gasteiger partial charge in [-0.2, -0.15) is 0 Å². The predicted octanol–water partition coefficient (Wildman–Crippen LogP) is 8.00. The Kier molecular flexibility index (Phi) is 8.89. The molecule has 3 amide bonds. The number of H-pyrrole nitrogens is 1. The molecule has 7 nitrogen and oxygen atoms in total. The zero-order valence-electron chi connectivity index (χ0n) is 25.9. The number of carbonyl (C=O) groups excluding carboxylic acids is 3. The van der Waals surface area contributed by atoms with Crippen LogP contribution in [0, 0.1) is 0 Å². The maximum atomic E-state index is 14.0. The number of thioether (sulfide) groups is 1. The van der Waals surface area contributed by atoms with E-state index in [-0.39, 0.29) is 17.5 Å². The lowest BCUT2D eigenvalue weighted by Crippen LogP contribution is -2.32. The van der Waals surface area contributed by atoms with Crippen molar-refractivity contribution in [3.05, 3.63) is 168 Å². The van der Waals surface area contributed by atoms with Gasteiger partial charge in [0, 0.05) is 51.0 Å². The number of amides is 3. The van der Waals surface area contributed by atoms with Crippen LogP contribution in [-0.4, -0.2) is 29.3 Å². The van der Waals surface area contributed by atoms with Crippen molar-refractivity contribution in [1.82, 2.24) is 10.3 Å². The van der Waals surface area contributed by atoms with E-state index in [1.807, 2.05) is 102 Å². The number of aromatic nitrogens is 1. The fourth-order valence-corrected chi connectivity index (χ4v) is 6.95. The first-order valence-corrected chi connectivity index (χ1v) is 16.6. The second-order valence-electron chi connectivity index (χ2n) is 11.4. The van der Waals surface area contributed by atoms with Gasteiger partial charge in [-0.25, -0.2) is 0 Å². The van der Waals surface area contributed by atoms with Crippen molar-refractivity contribution in [2.45, 2.75) is 16.6 Å². The van der Waals surface area contributed by atoms with Gasteiger partial charge in [0.2, 0.25) is 5.91 Å². The van der Waals surface area contributed by atoms with Crippen molar-refractivity contribution in [3.63, 3.8) is 0 Å². The zero-order chi connectivity index (χ0) is 32.9. The molecule has 1 atom stereocenters. The average molecular weight is 649 g/mol. The van der Waals surface area contributed by atoms with Gasteiger partial charge in [0.15, 0.2) is 0 Å². The van der Waals surface area contributed by atoms with E-state index in [1.165, 1.54) is 17.3 Å². The zero-order valence-corrected chi connectivity index (χ0v) is 26.7. The minimum atomic E-state index is -0.463. The Labute approximate surface area is 282 Å². The Morgan fingerprint density at radius 2 is 1.46 bits per heavy atom. The highest BCUT2D eigenvalue weighted by molar-refractivity contribution is 8.00. The number of carbonyl (C=O) groups is 3. The molecule has 1 aliphatic heterocycles. The number of anilines is 2. The first-order chi connectivity index (χ1) is 23.5. The Bertz CT molecular complexity index is 2130. The van der Waals surface area contributed by atoms with Gasteiger partial charge in [-0.1, -0.05) is 84.9 Å². The highest BCUT2D eigenvalue weighted by Gasteiger charge is 2.31. The van der Waals surface area contributed by atoms with E-state index in [4.69, 9.17) is 0 Å². The van der Waals surface area contributed by atoms with Crippen LogP contribution in [0.15, 0.2) is 150 Å². The molecule has 0 spiro atoms. The molecule has 0 bridgehead atoms. The van der Waals surface area contributed by atoms with Crippen LogP contribution in [0.5, 0.6) is 0 Å². The third-order valence-electron chi connectivity index (χ3n) is 8.30. The van der Waals surface area contributed by atoms with Gasteiger partial charge in [0.25, 0.3) is 11.8 Å². The van der Waals surface area contributed by atoms with Crippen LogP contribution in [0.25, 0.3) is 17.0 Å². The number of aromatic amines is 1. The summed E-state index contributed by atoms with van der Waals surface area (Å²) in [5, 5.41) is 6.22. The molecule has 1 aliphatic rings. The molecule has 0 aliphatic carbocycles. The van der Waals surface area contributed by atoms with Crippen molar-refractivity contribution in [3.8, 4) is 0 Å². The molecule has 236 valence electrons. The molecule has 8 heteroatoms. The molecule has 1 unspecified atom stereocenters. The van der Waals surface area contributed by atoms with E-state index in [1.54, 1.807) is 42.5 Å². The van der Waals surface area contributed by atoms with Crippen molar-refractivity contribution >= 4 is 57.8 Å². The normalized spacial score (nSPS) is 13.2. The lowest BCUT2D eigenvalue weighted by atomic mass is 10.1. The summed E-state index contributed by atoms with van der Waals surface area (Å²) < 4.78 is 0. The monoisotopic (exact) mass is 648 g/mol. The van der Waals surface area contributed by atoms with E-state index in [9.17, 15) is 14.4 Å². The molecule has 6 aromatic rings. The van der Waals surface area contributed by atoms with Crippen LogP contribution in [0.1, 0.15) is 32.3 Å². The van der Waals surface area contributed by atoms with Crippen LogP contribution in [0.3, 0.4) is 0 Å². The lowest BCUT2D eigenvalue weighted by molar-refractivity contribution is -0.118. The first kappa shape index (κ1) is 30.8. The quantitative estimate of drug-likeness (QED) is 0.109. The molecule has 0 saturated carbocycles. The fourth-order valence-electron chi connectivity index (χ4n) is 5.86. The van der Waals surface area contributed by atoms with E-state index < -0.39 is 11.2 Å². The van der Waals surface area contributed by atoms with Crippen LogP contribution in [-0.2, 0) is 16.0 Å². The van der Waals surface area contributed by atoms with E-state index in [2.05, 4.69) is 21.7 Å². The van der Waals surface area contributed by atoms with Gasteiger partial charge in [0.05, 0.1) is 0 Å². The van der Waals surface area contributed by atoms with Crippen molar-refractivity contribution in [2.75, 3.05) is 16.8 Å². The van der Waals surface area contributed by atoms with Gasteiger partial charge in [-0.05, 0) is 72.2 Å². The number of hydrogen-bond acceptors (Lipinski definition) is 4. The molecule has 0 fully saturated rings. The molecule has 1 aromatic heterocycles. The van der Waals surface area contributed by atoms with Crippen molar-refractivity contribution in [2.24, 2.45) is 0 Å². The topological polar surface area (TPSA) is 94.3 Å². The number of rotatable bonds is 9. The molecule has 48 heavy (non-hydrogen) atoms. The SMILES string of the molecule is O=C(Nc1ccc(SC(C(=O)N2CCc3ccccc32)c2ccccc2)cc1)C(=Cc1c[nH]c2ccccc12)NC(=O)c1ccccc1. The first-order valence-electron chi connectivity index (χ1n) is 15.7. The molecular weight excluding hydrogens is 617 g/mol. The van der Waals surface area contributed by atoms with Gasteiger partial charge in [0.1, 0.15) is 10.9 Å². The molecule has 0 saturated heterocycles. The number of fused-ring (bicyclic) bond motifs is 2. The van der Waals surface area contributed by atoms with E-state index in [0.29, 0.717) is 17.8 Å². The van der Waals surface area contributed by atoms with Gasteiger partial charge in [-0.3, -0.25) is 14.4 Å². The number of benzene rings is 5. The Morgan fingerprint density at radius 1 is 0.771 bits per heavy atom. The average Bonchev–Trinajstić information content (AvgIpc) is 3.76. The smallest absolute Gasteiger partial charge is 0.272 e. The highest BCUT2D eigenvalue weighted by atomic mass is 32.2. The standard InChI is InChI=1S/C40H32N4O3S/c45-38(29-14-5-2-6-15-29)43-35(25-30-26-41-34-17-9-8-16-33(30)34)39(46)42-31-19-21-32(22-20-31)48-37(28-12-3-1-4-13-28)40(47)44-24-23-27-11-7-10-18-36(27)44/h1-22,25-26,37,41H,23-24H2,(H,42,46)(H,43,45). The summed E-state index contributed by atoms with van der Waals surface area (Å²) in [5.74, 6) is -0.814. The number of para-hydroxylation sites is 2. The lowest BCUT2D eigenvalue weighted by Gasteiger charge is -2.24. The van der Waals surface area contributed by atoms with Gasteiger partial charge >= 0.3 is 0 Å². The Morgan fingerprint density at radius 3 is 2.25 bits per heavy atom. The van der Waals surface area contributed by atoms with Gasteiger partial charge < -0.3 is 20.5 Å². The maximum absolute atomic E-state index is 14.0. The maximum Gasteiger partial charge on any atom is 0.272 e. The van der Waals surface area contributed by atoms with Gasteiger partial charge in [-0.15, -0.1) is 11.8 Å². The molecule has 5 aromatic carbocycles. The molecular formula is C40H32N4O3S. The summed E-state index contributed by atoms with van der Waals surface area (Å²) in [6.07, 6.45) is 4.32. The predicted molar refractivity (Wildman–Crippen MR) is 193 cm³/mol. The Hall–Kier alpha value is -5.86. The highest BCUT2D eigenvalue weighted by Crippen LogP contribution is 2.40. The molecule has 2 heterocycles. The number of nitrogens with one attached hydrogen (secondary N) is 3. The van der Waals surface area contributed by atoms with Crippen LogP contribution >= 0.6 is 11.8 Å². The molecule has 7 rings (SSSR count). The fraction of sp³-hybridized carbons (Fsp3) is 0.0750. The summed E-state index contributed by atoms with van der Waals surface area (Å²) >= 11 is 1.48. The van der Waals surface area contributed by atoms with Crippen LogP contribution < -0.4 is 15.5 Å². The van der Waals surface area contributed by atoms with Crippen molar-refractivity contribution in [1.29, 1.82) is 0 Å². The third kappa shape index (κ3) is 6.65. The molecule has 3 N–H and O–H groups in total.